The van der Waals surface area contributed by atoms with Crippen LogP contribution in [-0.4, -0.2) is 56.4 Å². The molecule has 5 rings (SSSR count). The number of aromatic nitrogens is 3. The molecule has 0 saturated heterocycles. The third-order valence-corrected chi connectivity index (χ3v) is 7.79. The fourth-order valence-corrected chi connectivity index (χ4v) is 5.30. The van der Waals surface area contributed by atoms with Crippen molar-refractivity contribution >= 4 is 5.91 Å². The van der Waals surface area contributed by atoms with E-state index in [-0.39, 0.29) is 12.5 Å². The van der Waals surface area contributed by atoms with Gasteiger partial charge in [-0.1, -0.05) is 25.3 Å². The molecule has 8 nitrogen and oxygen atoms in total. The van der Waals surface area contributed by atoms with E-state index < -0.39 is 6.10 Å². The molecule has 2 aliphatic rings. The summed E-state index contributed by atoms with van der Waals surface area (Å²) in [6.45, 7) is 4.94. The maximum atomic E-state index is 12.6. The molecule has 1 aliphatic heterocycles. The Bertz CT molecular complexity index is 1240. The van der Waals surface area contributed by atoms with Crippen LogP contribution in [0.4, 0.5) is 0 Å². The first-order valence-electron chi connectivity index (χ1n) is 13.3. The SMILES string of the molecule is Cc1c(OCc2ccnn2C)ccc2c1CCN(C[C@@H](O)CNC(=O)c1cc(CC3CCC3)ccn1)C2. The molecular weight excluding hydrogens is 466 g/mol. The molecule has 37 heavy (non-hydrogen) atoms. The Morgan fingerprint density at radius 2 is 2.11 bits per heavy atom. The number of benzene rings is 1. The number of hydrogen-bond acceptors (Lipinski definition) is 6. The van der Waals surface area contributed by atoms with Crippen molar-refractivity contribution in [2.24, 2.45) is 13.0 Å². The number of nitrogens with one attached hydrogen (secondary N) is 1. The zero-order valence-corrected chi connectivity index (χ0v) is 21.8. The first-order chi connectivity index (χ1) is 18.0. The summed E-state index contributed by atoms with van der Waals surface area (Å²) in [7, 11) is 1.91. The maximum Gasteiger partial charge on any atom is 0.269 e. The normalized spacial score (nSPS) is 16.6. The van der Waals surface area contributed by atoms with E-state index in [1.54, 1.807) is 12.4 Å². The van der Waals surface area contributed by atoms with Gasteiger partial charge in [-0.2, -0.15) is 5.10 Å². The number of hydrogen-bond donors (Lipinski definition) is 2. The average molecular weight is 504 g/mol. The minimum absolute atomic E-state index is 0.205. The van der Waals surface area contributed by atoms with Gasteiger partial charge in [-0.15, -0.1) is 0 Å². The Balaban J connectivity index is 1.10. The number of aryl methyl sites for hydroxylation is 1. The van der Waals surface area contributed by atoms with E-state index in [4.69, 9.17) is 4.74 Å². The van der Waals surface area contributed by atoms with E-state index in [0.717, 1.165) is 43.3 Å². The van der Waals surface area contributed by atoms with E-state index in [0.29, 0.717) is 18.8 Å². The van der Waals surface area contributed by atoms with Gasteiger partial charge in [0.15, 0.2) is 0 Å². The fraction of sp³-hybridized carbons (Fsp3) is 0.483. The van der Waals surface area contributed by atoms with Gasteiger partial charge in [0, 0.05) is 45.6 Å². The predicted octanol–water partition coefficient (Wildman–Crippen LogP) is 3.19. The minimum Gasteiger partial charge on any atom is -0.487 e. The van der Waals surface area contributed by atoms with E-state index in [1.807, 2.05) is 36.0 Å². The Hall–Kier alpha value is -3.23. The van der Waals surface area contributed by atoms with Crippen LogP contribution < -0.4 is 10.1 Å². The summed E-state index contributed by atoms with van der Waals surface area (Å²) < 4.78 is 7.91. The third-order valence-electron chi connectivity index (χ3n) is 7.79. The highest BCUT2D eigenvalue weighted by Gasteiger charge is 2.22. The lowest BCUT2D eigenvalue weighted by atomic mass is 9.81. The van der Waals surface area contributed by atoms with E-state index in [2.05, 4.69) is 33.3 Å². The largest absolute Gasteiger partial charge is 0.487 e. The fourth-order valence-electron chi connectivity index (χ4n) is 5.30. The van der Waals surface area contributed by atoms with Gasteiger partial charge in [0.1, 0.15) is 18.1 Å². The number of carbonyl (C=O) groups excluding carboxylic acids is 1. The van der Waals surface area contributed by atoms with Gasteiger partial charge in [0.05, 0.1) is 11.8 Å². The smallest absolute Gasteiger partial charge is 0.269 e. The quantitative estimate of drug-likeness (QED) is 0.442. The summed E-state index contributed by atoms with van der Waals surface area (Å²) in [4.78, 5) is 19.1. The average Bonchev–Trinajstić information content (AvgIpc) is 3.29. The Kier molecular flexibility index (Phi) is 7.86. The van der Waals surface area contributed by atoms with Gasteiger partial charge < -0.3 is 15.2 Å². The second-order valence-corrected chi connectivity index (χ2v) is 10.5. The topological polar surface area (TPSA) is 92.5 Å². The number of fused-ring (bicyclic) bond motifs is 1. The van der Waals surface area contributed by atoms with Crippen molar-refractivity contribution in [2.75, 3.05) is 19.6 Å². The molecule has 0 bridgehead atoms. The number of aliphatic hydroxyl groups is 1. The predicted molar refractivity (Wildman–Crippen MR) is 141 cm³/mol. The number of nitrogens with zero attached hydrogens (tertiary/aromatic N) is 4. The molecule has 1 aliphatic carbocycles. The van der Waals surface area contributed by atoms with Crippen LogP contribution >= 0.6 is 0 Å². The van der Waals surface area contributed by atoms with Crippen molar-refractivity contribution < 1.29 is 14.6 Å². The van der Waals surface area contributed by atoms with Gasteiger partial charge in [-0.05, 0) is 72.2 Å². The molecular formula is C29H37N5O3. The van der Waals surface area contributed by atoms with Crippen molar-refractivity contribution in [1.29, 1.82) is 0 Å². The number of rotatable bonds is 10. The van der Waals surface area contributed by atoms with Crippen LogP contribution in [-0.2, 0) is 33.0 Å². The Morgan fingerprint density at radius 1 is 1.24 bits per heavy atom. The van der Waals surface area contributed by atoms with Crippen LogP contribution in [0, 0.1) is 12.8 Å². The van der Waals surface area contributed by atoms with Gasteiger partial charge in [0.25, 0.3) is 5.91 Å². The Morgan fingerprint density at radius 3 is 2.86 bits per heavy atom. The molecule has 0 unspecified atom stereocenters. The molecule has 2 aromatic heterocycles. The lowest BCUT2D eigenvalue weighted by Gasteiger charge is -2.31. The lowest BCUT2D eigenvalue weighted by molar-refractivity contribution is 0.0837. The van der Waals surface area contributed by atoms with Crippen LogP contribution in [0.5, 0.6) is 5.75 Å². The summed E-state index contributed by atoms with van der Waals surface area (Å²) in [5, 5.41) is 17.7. The second kappa shape index (κ2) is 11.4. The third kappa shape index (κ3) is 6.19. The highest BCUT2D eigenvalue weighted by molar-refractivity contribution is 5.92. The molecule has 0 spiro atoms. The number of β-amino-alcohol motifs (C(OH)–C–C–N with tert-alkyl or cyclic N) is 1. The molecule has 3 aromatic rings. The summed E-state index contributed by atoms with van der Waals surface area (Å²) in [5.74, 6) is 1.42. The molecule has 1 fully saturated rings. The zero-order chi connectivity index (χ0) is 25.8. The molecule has 196 valence electrons. The van der Waals surface area contributed by atoms with E-state index in [9.17, 15) is 9.90 Å². The van der Waals surface area contributed by atoms with E-state index in [1.165, 1.54) is 41.5 Å². The highest BCUT2D eigenvalue weighted by Crippen LogP contribution is 2.30. The molecule has 1 saturated carbocycles. The number of aliphatic hydroxyl groups excluding tert-OH is 1. The standard InChI is InChI=1S/C29H37N5O3/c1-20-26-10-13-34(17-23(26)6-7-28(20)37-19-24-9-12-32-33(24)2)18-25(35)16-31-29(36)27-15-22(8-11-30-27)14-21-4-3-5-21/h6-9,11-12,15,21,25,35H,3-5,10,13-14,16-19H2,1-2H3,(H,31,36)/t25-/m0/s1. The maximum absolute atomic E-state index is 12.6. The van der Waals surface area contributed by atoms with Crippen molar-refractivity contribution in [3.8, 4) is 5.75 Å². The molecule has 3 heterocycles. The highest BCUT2D eigenvalue weighted by atomic mass is 16.5. The summed E-state index contributed by atoms with van der Waals surface area (Å²) in [5.41, 5.74) is 6.39. The lowest BCUT2D eigenvalue weighted by Crippen LogP contribution is -2.42. The molecule has 8 heteroatoms. The summed E-state index contributed by atoms with van der Waals surface area (Å²) in [6.07, 6.45) is 8.62. The van der Waals surface area contributed by atoms with Gasteiger partial charge in [0.2, 0.25) is 0 Å². The number of amides is 1. The van der Waals surface area contributed by atoms with Crippen LogP contribution in [0.1, 0.15) is 57.7 Å². The van der Waals surface area contributed by atoms with Crippen molar-refractivity contribution in [1.82, 2.24) is 25.0 Å². The summed E-state index contributed by atoms with van der Waals surface area (Å²) >= 11 is 0. The van der Waals surface area contributed by atoms with Gasteiger partial charge in [-0.25, -0.2) is 0 Å². The van der Waals surface area contributed by atoms with E-state index >= 15 is 0 Å². The number of pyridine rings is 1. The number of ether oxygens (including phenoxy) is 1. The molecule has 0 radical (unpaired) electrons. The van der Waals surface area contributed by atoms with Crippen LogP contribution in [0.25, 0.3) is 0 Å². The van der Waals surface area contributed by atoms with Crippen LogP contribution in [0.3, 0.4) is 0 Å². The van der Waals surface area contributed by atoms with Gasteiger partial charge >= 0.3 is 0 Å². The second-order valence-electron chi connectivity index (χ2n) is 10.5. The zero-order valence-electron chi connectivity index (χ0n) is 21.8. The number of carbonyl (C=O) groups is 1. The van der Waals surface area contributed by atoms with Crippen molar-refractivity contribution in [3.05, 3.63) is 76.4 Å². The van der Waals surface area contributed by atoms with Gasteiger partial charge in [-0.3, -0.25) is 19.4 Å². The first-order valence-corrected chi connectivity index (χ1v) is 13.3. The first kappa shape index (κ1) is 25.4. The van der Waals surface area contributed by atoms with Crippen LogP contribution in [0.15, 0.2) is 42.7 Å². The molecule has 1 atom stereocenters. The van der Waals surface area contributed by atoms with Crippen molar-refractivity contribution in [3.63, 3.8) is 0 Å². The monoisotopic (exact) mass is 503 g/mol. The van der Waals surface area contributed by atoms with Crippen molar-refractivity contribution in [2.45, 2.75) is 58.3 Å². The molecule has 1 aromatic carbocycles. The molecule has 1 amide bonds. The Labute approximate surface area is 218 Å². The molecule has 2 N–H and O–H groups in total. The summed E-state index contributed by atoms with van der Waals surface area (Å²) in [6, 6.07) is 10.0. The minimum atomic E-state index is -0.647. The van der Waals surface area contributed by atoms with Crippen LogP contribution in [0.2, 0.25) is 0 Å².